The van der Waals surface area contributed by atoms with Gasteiger partial charge in [0.2, 0.25) is 0 Å². The average molecular weight is 436 g/mol. The molecule has 1 aliphatic heterocycles. The second-order valence-corrected chi connectivity index (χ2v) is 8.66. The number of hydroxylamine groups is 2. The fourth-order valence-electron chi connectivity index (χ4n) is 4.35. The van der Waals surface area contributed by atoms with E-state index in [0.717, 1.165) is 5.56 Å². The van der Waals surface area contributed by atoms with Crippen molar-refractivity contribution in [1.29, 1.82) is 0 Å². The van der Waals surface area contributed by atoms with Gasteiger partial charge in [-0.25, -0.2) is 9.59 Å². The van der Waals surface area contributed by atoms with E-state index in [1.165, 1.54) is 12.1 Å². The van der Waals surface area contributed by atoms with Gasteiger partial charge < -0.3 is 14.9 Å². The zero-order valence-corrected chi connectivity index (χ0v) is 17.9. The number of ether oxygens (including phenoxy) is 1. The second kappa shape index (κ2) is 8.11. The molecule has 3 amide bonds. The highest BCUT2D eigenvalue weighted by Gasteiger charge is 2.58. The van der Waals surface area contributed by atoms with E-state index in [0.29, 0.717) is 24.3 Å². The van der Waals surface area contributed by atoms with Crippen LogP contribution in [-0.2, 0) is 21.0 Å². The first-order valence-corrected chi connectivity index (χ1v) is 10.4. The van der Waals surface area contributed by atoms with Gasteiger partial charge in [-0.15, -0.1) is 0 Å². The van der Waals surface area contributed by atoms with Crippen molar-refractivity contribution in [3.05, 3.63) is 71.3 Å². The lowest BCUT2D eigenvalue weighted by molar-refractivity contribution is -0.180. The van der Waals surface area contributed by atoms with E-state index >= 15 is 0 Å². The number of amides is 3. The Morgan fingerprint density at radius 2 is 1.53 bits per heavy atom. The van der Waals surface area contributed by atoms with Crippen LogP contribution in [0.4, 0.5) is 4.79 Å². The first-order valence-electron chi connectivity index (χ1n) is 10.4. The van der Waals surface area contributed by atoms with Crippen LogP contribution < -0.4 is 5.32 Å². The standard InChI is InChI=1S/C24H24N2O6/c1-23(2)13-8-14-24(23,25-22(30)31-15-16-9-4-3-5-10-16)21(29)32-26-19(27)17-11-6-7-12-18(17)20(26)28/h3-7,9-12H,8,13-15H2,1-2H3,(H,25,30). The molecule has 0 saturated heterocycles. The van der Waals surface area contributed by atoms with Gasteiger partial charge in [-0.1, -0.05) is 61.4 Å². The number of hydrogen-bond acceptors (Lipinski definition) is 6. The van der Waals surface area contributed by atoms with Crippen molar-refractivity contribution in [2.45, 2.75) is 45.3 Å². The summed E-state index contributed by atoms with van der Waals surface area (Å²) in [5, 5.41) is 3.16. The van der Waals surface area contributed by atoms with Gasteiger partial charge in [-0.2, -0.15) is 0 Å². The summed E-state index contributed by atoms with van der Waals surface area (Å²) in [6.07, 6.45) is 0.817. The van der Waals surface area contributed by atoms with Crippen LogP contribution in [0.15, 0.2) is 54.6 Å². The van der Waals surface area contributed by atoms with Crippen LogP contribution >= 0.6 is 0 Å². The lowest BCUT2D eigenvalue weighted by Gasteiger charge is -2.39. The Morgan fingerprint density at radius 3 is 2.09 bits per heavy atom. The third kappa shape index (κ3) is 3.62. The second-order valence-electron chi connectivity index (χ2n) is 8.66. The molecular weight excluding hydrogens is 412 g/mol. The van der Waals surface area contributed by atoms with Gasteiger partial charge in [-0.3, -0.25) is 9.59 Å². The minimum atomic E-state index is -1.45. The quantitative estimate of drug-likeness (QED) is 0.719. The summed E-state index contributed by atoms with van der Waals surface area (Å²) in [4.78, 5) is 56.5. The Morgan fingerprint density at radius 1 is 0.938 bits per heavy atom. The molecule has 32 heavy (non-hydrogen) atoms. The molecular formula is C24H24N2O6. The van der Waals surface area contributed by atoms with E-state index in [2.05, 4.69) is 5.32 Å². The summed E-state index contributed by atoms with van der Waals surface area (Å²) < 4.78 is 5.32. The predicted molar refractivity (Wildman–Crippen MR) is 113 cm³/mol. The molecule has 166 valence electrons. The summed E-state index contributed by atoms with van der Waals surface area (Å²) in [5.41, 5.74) is -0.999. The summed E-state index contributed by atoms with van der Waals surface area (Å²) in [7, 11) is 0. The maximum atomic E-state index is 13.4. The number of hydrogen-bond donors (Lipinski definition) is 1. The molecule has 0 radical (unpaired) electrons. The summed E-state index contributed by atoms with van der Waals surface area (Å²) >= 11 is 0. The van der Waals surface area contributed by atoms with Gasteiger partial charge in [0.1, 0.15) is 12.1 Å². The summed E-state index contributed by atoms with van der Waals surface area (Å²) in [6, 6.07) is 15.4. The maximum absolute atomic E-state index is 13.4. The Balaban J connectivity index is 1.52. The molecule has 4 rings (SSSR count). The van der Waals surface area contributed by atoms with Gasteiger partial charge in [0, 0.05) is 0 Å². The van der Waals surface area contributed by atoms with E-state index in [1.54, 1.807) is 12.1 Å². The normalized spacial score (nSPS) is 21.2. The maximum Gasteiger partial charge on any atom is 0.408 e. The lowest BCUT2D eigenvalue weighted by Crippen LogP contribution is -2.62. The fraction of sp³-hybridized carbons (Fsp3) is 0.333. The number of nitrogens with one attached hydrogen (secondary N) is 1. The largest absolute Gasteiger partial charge is 0.445 e. The van der Waals surface area contributed by atoms with E-state index in [9.17, 15) is 19.2 Å². The molecule has 0 aromatic heterocycles. The molecule has 0 bridgehead atoms. The van der Waals surface area contributed by atoms with Crippen molar-refractivity contribution >= 4 is 23.9 Å². The van der Waals surface area contributed by atoms with Crippen LogP contribution in [0.1, 0.15) is 59.4 Å². The topological polar surface area (TPSA) is 102 Å². The van der Waals surface area contributed by atoms with E-state index in [4.69, 9.17) is 9.57 Å². The van der Waals surface area contributed by atoms with Crippen LogP contribution in [0.25, 0.3) is 0 Å². The number of carbonyl (C=O) groups is 4. The van der Waals surface area contributed by atoms with Crippen LogP contribution in [0.5, 0.6) is 0 Å². The molecule has 8 nitrogen and oxygen atoms in total. The number of imide groups is 1. The Bertz CT molecular complexity index is 1050. The number of nitrogens with zero attached hydrogens (tertiary/aromatic N) is 1. The molecule has 1 N–H and O–H groups in total. The van der Waals surface area contributed by atoms with Gasteiger partial charge >= 0.3 is 12.1 Å². The first-order chi connectivity index (χ1) is 15.2. The van der Waals surface area contributed by atoms with Crippen LogP contribution in [-0.4, -0.2) is 34.5 Å². The molecule has 1 heterocycles. The molecule has 2 aliphatic rings. The monoisotopic (exact) mass is 436 g/mol. The number of fused-ring (bicyclic) bond motifs is 1. The zero-order chi connectivity index (χ0) is 22.9. The lowest BCUT2D eigenvalue weighted by atomic mass is 9.75. The molecule has 1 aliphatic carbocycles. The molecule has 1 atom stereocenters. The molecule has 1 saturated carbocycles. The minimum absolute atomic E-state index is 0.0383. The van der Waals surface area contributed by atoms with E-state index < -0.39 is 34.8 Å². The molecule has 8 heteroatoms. The molecule has 1 fully saturated rings. The average Bonchev–Trinajstić information content (AvgIpc) is 3.21. The van der Waals surface area contributed by atoms with Gasteiger partial charge in [-0.05, 0) is 42.4 Å². The smallest absolute Gasteiger partial charge is 0.408 e. The van der Waals surface area contributed by atoms with Gasteiger partial charge in [0.15, 0.2) is 0 Å². The third-order valence-electron chi connectivity index (χ3n) is 6.32. The zero-order valence-electron chi connectivity index (χ0n) is 17.9. The van der Waals surface area contributed by atoms with E-state index in [1.807, 2.05) is 44.2 Å². The van der Waals surface area contributed by atoms with Crippen LogP contribution in [0, 0.1) is 5.41 Å². The summed E-state index contributed by atoms with van der Waals surface area (Å²) in [5.74, 6) is -2.29. The predicted octanol–water partition coefficient (Wildman–Crippen LogP) is 3.62. The van der Waals surface area contributed by atoms with Crippen molar-refractivity contribution in [2.75, 3.05) is 0 Å². The summed E-state index contributed by atoms with van der Waals surface area (Å²) in [6.45, 7) is 3.71. The number of carbonyl (C=O) groups excluding carboxylic acids is 4. The van der Waals surface area contributed by atoms with Gasteiger partial charge in [0.25, 0.3) is 11.8 Å². The van der Waals surface area contributed by atoms with Crippen LogP contribution in [0.2, 0.25) is 0 Å². The van der Waals surface area contributed by atoms with Crippen molar-refractivity contribution in [1.82, 2.24) is 10.4 Å². The highest BCUT2D eigenvalue weighted by atomic mass is 16.7. The third-order valence-corrected chi connectivity index (χ3v) is 6.32. The number of alkyl carbamates (subject to hydrolysis) is 1. The Hall–Kier alpha value is -3.68. The van der Waals surface area contributed by atoms with Crippen molar-refractivity contribution in [2.24, 2.45) is 5.41 Å². The molecule has 0 spiro atoms. The Labute approximate surface area is 185 Å². The first kappa shape index (κ1) is 21.5. The van der Waals surface area contributed by atoms with Crippen molar-refractivity contribution in [3.8, 4) is 0 Å². The Kier molecular flexibility index (Phi) is 5.46. The van der Waals surface area contributed by atoms with Gasteiger partial charge in [0.05, 0.1) is 11.1 Å². The molecule has 1 unspecified atom stereocenters. The fourth-order valence-corrected chi connectivity index (χ4v) is 4.35. The molecule has 2 aromatic rings. The SMILES string of the molecule is CC1(C)CCCC1(NC(=O)OCc1ccccc1)C(=O)ON1C(=O)c2ccccc2C1=O. The van der Waals surface area contributed by atoms with E-state index in [-0.39, 0.29) is 17.7 Å². The minimum Gasteiger partial charge on any atom is -0.445 e. The van der Waals surface area contributed by atoms with Crippen molar-refractivity contribution < 1.29 is 28.8 Å². The van der Waals surface area contributed by atoms with Crippen molar-refractivity contribution in [3.63, 3.8) is 0 Å². The van der Waals surface area contributed by atoms with Crippen LogP contribution in [0.3, 0.4) is 0 Å². The highest BCUT2D eigenvalue weighted by Crippen LogP contribution is 2.47. The number of benzene rings is 2. The number of rotatable bonds is 5. The highest BCUT2D eigenvalue weighted by molar-refractivity contribution is 6.21. The molecule has 2 aromatic carbocycles.